The quantitative estimate of drug-likeness (QED) is 0.682. The van der Waals surface area contributed by atoms with Gasteiger partial charge in [-0.2, -0.15) is 0 Å². The lowest BCUT2D eigenvalue weighted by molar-refractivity contribution is 0.00578. The molecular formula is C16H25BClNO3. The van der Waals surface area contributed by atoms with Crippen molar-refractivity contribution in [2.75, 3.05) is 12.3 Å². The number of ether oxygens (including phenoxy) is 1. The van der Waals surface area contributed by atoms with Crippen LogP contribution in [0.25, 0.3) is 0 Å². The normalized spacial score (nSPS) is 19.7. The lowest BCUT2D eigenvalue weighted by Crippen LogP contribution is -2.41. The minimum atomic E-state index is -0.482. The molecule has 0 unspecified atom stereocenters. The van der Waals surface area contributed by atoms with E-state index in [1.807, 2.05) is 33.8 Å². The maximum Gasteiger partial charge on any atom is 0.495 e. The minimum Gasteiger partial charge on any atom is -0.491 e. The smallest absolute Gasteiger partial charge is 0.491 e. The minimum absolute atomic E-state index is 0.398. The number of hydrogen-bond donors (Lipinski definition) is 1. The Bertz CT molecular complexity index is 545. The fourth-order valence-electron chi connectivity index (χ4n) is 2.10. The van der Waals surface area contributed by atoms with Gasteiger partial charge in [-0.25, -0.2) is 0 Å². The van der Waals surface area contributed by atoms with Crippen LogP contribution < -0.4 is 15.9 Å². The standard InChI is InChI=1S/C16H25BClNO3/c1-10(2)9-20-13-8-11(7-12(18)14(13)19)17-21-15(3,4)16(5,6)22-17/h7-8,10H,9,19H2,1-6H3. The van der Waals surface area contributed by atoms with Gasteiger partial charge >= 0.3 is 7.12 Å². The van der Waals surface area contributed by atoms with Crippen molar-refractivity contribution in [3.05, 3.63) is 17.2 Å². The van der Waals surface area contributed by atoms with Crippen molar-refractivity contribution >= 4 is 29.9 Å². The Balaban J connectivity index is 2.29. The van der Waals surface area contributed by atoms with E-state index in [1.165, 1.54) is 0 Å². The molecule has 0 bridgehead atoms. The monoisotopic (exact) mass is 325 g/mol. The number of benzene rings is 1. The molecule has 0 spiro atoms. The van der Waals surface area contributed by atoms with Gasteiger partial charge in [-0.15, -0.1) is 0 Å². The first-order chi connectivity index (χ1) is 10.0. The molecule has 0 aliphatic carbocycles. The summed E-state index contributed by atoms with van der Waals surface area (Å²) in [5.41, 5.74) is 6.47. The van der Waals surface area contributed by atoms with Crippen molar-refractivity contribution in [2.24, 2.45) is 5.92 Å². The largest absolute Gasteiger partial charge is 0.495 e. The third kappa shape index (κ3) is 3.37. The lowest BCUT2D eigenvalue weighted by Gasteiger charge is -2.32. The Labute approximate surface area is 138 Å². The van der Waals surface area contributed by atoms with E-state index in [0.29, 0.717) is 29.0 Å². The maximum absolute atomic E-state index is 6.24. The highest BCUT2D eigenvalue weighted by Gasteiger charge is 2.51. The highest BCUT2D eigenvalue weighted by Crippen LogP contribution is 2.37. The molecule has 1 aliphatic rings. The third-order valence-electron chi connectivity index (χ3n) is 4.21. The molecule has 0 radical (unpaired) electrons. The summed E-state index contributed by atoms with van der Waals surface area (Å²) in [5.74, 6) is 0.976. The van der Waals surface area contributed by atoms with E-state index in [0.717, 1.165) is 5.46 Å². The lowest BCUT2D eigenvalue weighted by atomic mass is 9.79. The molecule has 1 saturated heterocycles. The summed E-state index contributed by atoms with van der Waals surface area (Å²) in [7, 11) is -0.482. The van der Waals surface area contributed by atoms with Gasteiger partial charge in [-0.1, -0.05) is 25.4 Å². The molecule has 6 heteroatoms. The molecule has 0 amide bonds. The van der Waals surface area contributed by atoms with Crippen molar-refractivity contribution in [3.8, 4) is 5.75 Å². The molecule has 1 fully saturated rings. The van der Waals surface area contributed by atoms with Crippen LogP contribution in [0.3, 0.4) is 0 Å². The van der Waals surface area contributed by atoms with Crippen LogP contribution in [-0.4, -0.2) is 24.9 Å². The predicted molar refractivity (Wildman–Crippen MR) is 91.9 cm³/mol. The van der Waals surface area contributed by atoms with E-state index in [4.69, 9.17) is 31.4 Å². The Morgan fingerprint density at radius 2 is 1.73 bits per heavy atom. The van der Waals surface area contributed by atoms with Crippen LogP contribution in [0.1, 0.15) is 41.5 Å². The Morgan fingerprint density at radius 1 is 1.18 bits per heavy atom. The van der Waals surface area contributed by atoms with Crippen LogP contribution in [0.15, 0.2) is 12.1 Å². The van der Waals surface area contributed by atoms with Gasteiger partial charge in [-0.05, 0) is 51.2 Å². The van der Waals surface area contributed by atoms with Gasteiger partial charge in [0.2, 0.25) is 0 Å². The van der Waals surface area contributed by atoms with Gasteiger partial charge in [0.1, 0.15) is 5.75 Å². The molecule has 0 aromatic heterocycles. The van der Waals surface area contributed by atoms with Crippen LogP contribution in [0, 0.1) is 5.92 Å². The number of hydrogen-bond acceptors (Lipinski definition) is 4. The van der Waals surface area contributed by atoms with Crippen molar-refractivity contribution in [2.45, 2.75) is 52.7 Å². The molecule has 2 rings (SSSR count). The SMILES string of the molecule is CC(C)COc1cc(B2OC(C)(C)C(C)(C)O2)cc(Cl)c1N. The zero-order chi connectivity index (χ0) is 16.7. The molecule has 0 atom stereocenters. The fourth-order valence-corrected chi connectivity index (χ4v) is 2.32. The molecule has 122 valence electrons. The van der Waals surface area contributed by atoms with Crippen molar-refractivity contribution < 1.29 is 14.0 Å². The molecule has 1 aromatic carbocycles. The molecule has 2 N–H and O–H groups in total. The summed E-state index contributed by atoms with van der Waals surface area (Å²) in [6.07, 6.45) is 0. The first-order valence-electron chi connectivity index (χ1n) is 7.61. The Kier molecular flexibility index (Phi) is 4.72. The van der Waals surface area contributed by atoms with E-state index >= 15 is 0 Å². The van der Waals surface area contributed by atoms with E-state index in [-0.39, 0.29) is 0 Å². The molecule has 1 heterocycles. The Hall–Kier alpha value is -0.905. The van der Waals surface area contributed by atoms with Crippen molar-refractivity contribution in [3.63, 3.8) is 0 Å². The van der Waals surface area contributed by atoms with E-state index in [2.05, 4.69) is 13.8 Å². The van der Waals surface area contributed by atoms with E-state index in [1.54, 1.807) is 6.07 Å². The molecule has 22 heavy (non-hydrogen) atoms. The molecule has 0 saturated carbocycles. The summed E-state index contributed by atoms with van der Waals surface area (Å²) in [4.78, 5) is 0. The molecule has 1 aliphatic heterocycles. The first kappa shape index (κ1) is 17.4. The number of nitrogen functional groups attached to an aromatic ring is 1. The van der Waals surface area contributed by atoms with Gasteiger partial charge in [0, 0.05) is 0 Å². The molecular weight excluding hydrogens is 300 g/mol. The average Bonchev–Trinajstić information content (AvgIpc) is 2.60. The average molecular weight is 326 g/mol. The van der Waals surface area contributed by atoms with Crippen molar-refractivity contribution in [1.82, 2.24) is 0 Å². The number of nitrogens with two attached hydrogens (primary N) is 1. The number of anilines is 1. The van der Waals surface area contributed by atoms with Crippen LogP contribution in [-0.2, 0) is 9.31 Å². The summed E-state index contributed by atoms with van der Waals surface area (Å²) in [5, 5.41) is 0.450. The highest BCUT2D eigenvalue weighted by atomic mass is 35.5. The van der Waals surface area contributed by atoms with Crippen LogP contribution in [0.4, 0.5) is 5.69 Å². The van der Waals surface area contributed by atoms with Crippen molar-refractivity contribution in [1.29, 1.82) is 0 Å². The van der Waals surface area contributed by atoms with Gasteiger partial charge in [0.25, 0.3) is 0 Å². The zero-order valence-corrected chi connectivity index (χ0v) is 15.0. The van der Waals surface area contributed by atoms with Gasteiger partial charge in [0.05, 0.1) is 28.5 Å². The second-order valence-corrected chi connectivity index (χ2v) is 7.61. The second-order valence-electron chi connectivity index (χ2n) is 7.21. The van der Waals surface area contributed by atoms with E-state index in [9.17, 15) is 0 Å². The zero-order valence-electron chi connectivity index (χ0n) is 14.2. The fraction of sp³-hybridized carbons (Fsp3) is 0.625. The second kappa shape index (κ2) is 5.95. The topological polar surface area (TPSA) is 53.7 Å². The van der Waals surface area contributed by atoms with Gasteiger partial charge < -0.3 is 19.8 Å². The number of halogens is 1. The molecule has 4 nitrogen and oxygen atoms in total. The van der Waals surface area contributed by atoms with Crippen LogP contribution in [0.5, 0.6) is 5.75 Å². The van der Waals surface area contributed by atoms with Gasteiger partial charge in [0.15, 0.2) is 0 Å². The third-order valence-corrected chi connectivity index (χ3v) is 4.52. The summed E-state index contributed by atoms with van der Waals surface area (Å²) in [6, 6.07) is 3.63. The van der Waals surface area contributed by atoms with E-state index < -0.39 is 18.3 Å². The summed E-state index contributed by atoms with van der Waals surface area (Å²) in [6.45, 7) is 12.8. The first-order valence-corrected chi connectivity index (χ1v) is 7.98. The maximum atomic E-state index is 6.24. The summed E-state index contributed by atoms with van der Waals surface area (Å²) >= 11 is 6.24. The Morgan fingerprint density at radius 3 is 2.23 bits per heavy atom. The highest BCUT2D eigenvalue weighted by molar-refractivity contribution is 6.62. The molecule has 1 aromatic rings. The van der Waals surface area contributed by atoms with Crippen LogP contribution >= 0.6 is 11.6 Å². The van der Waals surface area contributed by atoms with Gasteiger partial charge in [-0.3, -0.25) is 0 Å². The summed E-state index contributed by atoms with van der Waals surface area (Å²) < 4.78 is 17.9. The van der Waals surface area contributed by atoms with Crippen LogP contribution in [0.2, 0.25) is 5.02 Å². The predicted octanol–water partition coefficient (Wildman–Crippen LogP) is 3.26. The number of rotatable bonds is 4.